The fraction of sp³-hybridized carbons (Fsp3) is 0.0909. The van der Waals surface area contributed by atoms with Gasteiger partial charge < -0.3 is 4.74 Å². The summed E-state index contributed by atoms with van der Waals surface area (Å²) in [6.45, 7) is 1.96. The highest BCUT2D eigenvalue weighted by Gasteiger charge is 2.00. The lowest BCUT2D eigenvalue weighted by Gasteiger charge is -2.04. The van der Waals surface area contributed by atoms with Gasteiger partial charge in [0.1, 0.15) is 11.5 Å². The summed E-state index contributed by atoms with van der Waals surface area (Å²) in [5, 5.41) is 4.71. The van der Waals surface area contributed by atoms with Crippen LogP contribution in [0, 0.1) is 6.92 Å². The lowest BCUT2D eigenvalue weighted by Crippen LogP contribution is -1.83. The van der Waals surface area contributed by atoms with Gasteiger partial charge in [0.25, 0.3) is 0 Å². The van der Waals surface area contributed by atoms with Crippen LogP contribution in [0.2, 0.25) is 5.02 Å². The molecule has 0 radical (unpaired) electrons. The van der Waals surface area contributed by atoms with Gasteiger partial charge in [0, 0.05) is 10.4 Å². The summed E-state index contributed by atoms with van der Waals surface area (Å²) < 4.78 is 5.61. The number of halogens is 1. The minimum absolute atomic E-state index is 0.766. The van der Waals surface area contributed by atoms with Crippen LogP contribution in [-0.2, 0) is 0 Å². The van der Waals surface area contributed by atoms with Crippen molar-refractivity contribution in [3.05, 3.63) is 45.6 Å². The predicted octanol–water partition coefficient (Wildman–Crippen LogP) is 4.50. The molecule has 0 saturated heterocycles. The number of hydrogen-bond acceptors (Lipinski definition) is 2. The molecule has 0 unspecified atom stereocenters. The highest BCUT2D eigenvalue weighted by atomic mass is 35.5. The highest BCUT2D eigenvalue weighted by molar-refractivity contribution is 7.08. The number of hydrogen-bond donors (Lipinski definition) is 0. The fourth-order valence-corrected chi connectivity index (χ4v) is 1.80. The summed E-state index contributed by atoms with van der Waals surface area (Å²) in [4.78, 5) is 0. The van der Waals surface area contributed by atoms with Gasteiger partial charge in [0.05, 0.1) is 0 Å². The normalized spacial score (nSPS) is 10.1. The molecule has 1 nitrogen and oxygen atoms in total. The molecule has 1 heterocycles. The molecule has 0 aliphatic carbocycles. The predicted molar refractivity (Wildman–Crippen MR) is 60.6 cm³/mol. The summed E-state index contributed by atoms with van der Waals surface area (Å²) in [5.41, 5.74) is 1.03. The standard InChI is InChI=1S/C11H9ClOS/c1-8-6-9(2-3-11(8)12)13-10-4-5-14-7-10/h2-7H,1H3. The Bertz CT molecular complexity index is 423. The molecule has 2 rings (SSSR count). The van der Waals surface area contributed by atoms with Crippen molar-refractivity contribution >= 4 is 22.9 Å². The molecule has 0 aliphatic heterocycles. The minimum Gasteiger partial charge on any atom is -0.456 e. The van der Waals surface area contributed by atoms with Crippen molar-refractivity contribution < 1.29 is 4.74 Å². The molecule has 3 heteroatoms. The van der Waals surface area contributed by atoms with E-state index in [0.29, 0.717) is 0 Å². The maximum absolute atomic E-state index is 5.91. The Morgan fingerprint density at radius 3 is 2.71 bits per heavy atom. The zero-order valence-electron chi connectivity index (χ0n) is 7.66. The van der Waals surface area contributed by atoms with E-state index in [9.17, 15) is 0 Å². The van der Waals surface area contributed by atoms with Crippen LogP contribution in [0.4, 0.5) is 0 Å². The molecular formula is C11H9ClOS. The van der Waals surface area contributed by atoms with Crippen molar-refractivity contribution in [2.24, 2.45) is 0 Å². The van der Waals surface area contributed by atoms with Crippen molar-refractivity contribution in [2.45, 2.75) is 6.92 Å². The third-order valence-electron chi connectivity index (χ3n) is 1.86. The van der Waals surface area contributed by atoms with Gasteiger partial charge in [-0.2, -0.15) is 0 Å². The molecule has 0 atom stereocenters. The van der Waals surface area contributed by atoms with Gasteiger partial charge in [-0.05, 0) is 42.1 Å². The van der Waals surface area contributed by atoms with Gasteiger partial charge in [0.2, 0.25) is 0 Å². The molecule has 0 aliphatic rings. The number of rotatable bonds is 2. The van der Waals surface area contributed by atoms with Crippen LogP contribution in [0.5, 0.6) is 11.5 Å². The SMILES string of the molecule is Cc1cc(Oc2ccsc2)ccc1Cl. The Morgan fingerprint density at radius 2 is 2.07 bits per heavy atom. The topological polar surface area (TPSA) is 9.23 Å². The first kappa shape index (κ1) is 9.56. The smallest absolute Gasteiger partial charge is 0.138 e. The van der Waals surface area contributed by atoms with E-state index >= 15 is 0 Å². The Morgan fingerprint density at radius 1 is 1.21 bits per heavy atom. The van der Waals surface area contributed by atoms with Crippen LogP contribution in [0.3, 0.4) is 0 Å². The lowest BCUT2D eigenvalue weighted by atomic mass is 10.2. The average Bonchev–Trinajstić information content (AvgIpc) is 2.64. The summed E-state index contributed by atoms with van der Waals surface area (Å²) in [7, 11) is 0. The number of thiophene rings is 1. The second kappa shape index (κ2) is 4.03. The molecule has 72 valence electrons. The van der Waals surface area contributed by atoms with E-state index in [1.807, 2.05) is 41.9 Å². The van der Waals surface area contributed by atoms with Crippen LogP contribution >= 0.6 is 22.9 Å². The first-order valence-electron chi connectivity index (χ1n) is 4.22. The van der Waals surface area contributed by atoms with Crippen molar-refractivity contribution in [1.29, 1.82) is 0 Å². The molecule has 1 aromatic carbocycles. The van der Waals surface area contributed by atoms with E-state index in [1.54, 1.807) is 11.3 Å². The Balaban J connectivity index is 2.22. The number of aryl methyl sites for hydroxylation is 1. The Labute approximate surface area is 91.9 Å². The van der Waals surface area contributed by atoms with Crippen molar-refractivity contribution in [3.8, 4) is 11.5 Å². The molecule has 0 bridgehead atoms. The second-order valence-electron chi connectivity index (χ2n) is 2.97. The third kappa shape index (κ3) is 2.08. The van der Waals surface area contributed by atoms with Crippen molar-refractivity contribution in [1.82, 2.24) is 0 Å². The van der Waals surface area contributed by atoms with E-state index in [1.165, 1.54) is 0 Å². The molecule has 0 fully saturated rings. The molecule has 0 saturated carbocycles. The fourth-order valence-electron chi connectivity index (χ4n) is 1.13. The van der Waals surface area contributed by atoms with Gasteiger partial charge in [0.15, 0.2) is 0 Å². The molecule has 0 spiro atoms. The first-order valence-corrected chi connectivity index (χ1v) is 5.54. The largest absolute Gasteiger partial charge is 0.456 e. The molecule has 1 aromatic heterocycles. The Kier molecular flexibility index (Phi) is 2.75. The second-order valence-corrected chi connectivity index (χ2v) is 4.16. The van der Waals surface area contributed by atoms with Gasteiger partial charge in [-0.15, -0.1) is 11.3 Å². The molecule has 0 N–H and O–H groups in total. The van der Waals surface area contributed by atoms with E-state index in [4.69, 9.17) is 16.3 Å². The summed E-state index contributed by atoms with van der Waals surface area (Å²) in [6, 6.07) is 7.58. The molecule has 14 heavy (non-hydrogen) atoms. The van der Waals surface area contributed by atoms with Crippen molar-refractivity contribution in [3.63, 3.8) is 0 Å². The first-order chi connectivity index (χ1) is 6.75. The van der Waals surface area contributed by atoms with Crippen LogP contribution in [-0.4, -0.2) is 0 Å². The van der Waals surface area contributed by atoms with Gasteiger partial charge >= 0.3 is 0 Å². The summed E-state index contributed by atoms with van der Waals surface area (Å²) in [5.74, 6) is 1.70. The quantitative estimate of drug-likeness (QED) is 0.730. The zero-order valence-corrected chi connectivity index (χ0v) is 9.23. The van der Waals surface area contributed by atoms with Crippen LogP contribution < -0.4 is 4.74 Å². The summed E-state index contributed by atoms with van der Waals surface area (Å²) in [6.07, 6.45) is 0. The van der Waals surface area contributed by atoms with E-state index in [0.717, 1.165) is 22.1 Å². The highest BCUT2D eigenvalue weighted by Crippen LogP contribution is 2.26. The third-order valence-corrected chi connectivity index (χ3v) is 2.95. The Hall–Kier alpha value is -0.990. The zero-order chi connectivity index (χ0) is 9.97. The van der Waals surface area contributed by atoms with E-state index < -0.39 is 0 Å². The minimum atomic E-state index is 0.766. The van der Waals surface area contributed by atoms with Crippen LogP contribution in [0.15, 0.2) is 35.0 Å². The molecule has 0 amide bonds. The monoisotopic (exact) mass is 224 g/mol. The van der Waals surface area contributed by atoms with Gasteiger partial charge in [-0.1, -0.05) is 11.6 Å². The van der Waals surface area contributed by atoms with Crippen molar-refractivity contribution in [2.75, 3.05) is 0 Å². The lowest BCUT2D eigenvalue weighted by molar-refractivity contribution is 0.484. The average molecular weight is 225 g/mol. The number of benzene rings is 1. The van der Waals surface area contributed by atoms with Gasteiger partial charge in [-0.3, -0.25) is 0 Å². The molecule has 2 aromatic rings. The van der Waals surface area contributed by atoms with E-state index in [2.05, 4.69) is 0 Å². The van der Waals surface area contributed by atoms with Gasteiger partial charge in [-0.25, -0.2) is 0 Å². The maximum atomic E-state index is 5.91. The van der Waals surface area contributed by atoms with Crippen LogP contribution in [0.25, 0.3) is 0 Å². The maximum Gasteiger partial charge on any atom is 0.138 e. The summed E-state index contributed by atoms with van der Waals surface area (Å²) >= 11 is 7.52. The van der Waals surface area contributed by atoms with Crippen LogP contribution in [0.1, 0.15) is 5.56 Å². The van der Waals surface area contributed by atoms with E-state index in [-0.39, 0.29) is 0 Å². The molecular weight excluding hydrogens is 216 g/mol. The number of ether oxygens (including phenoxy) is 1.